The predicted octanol–water partition coefficient (Wildman–Crippen LogP) is 2.46. The Labute approximate surface area is 116 Å². The van der Waals surface area contributed by atoms with Gasteiger partial charge < -0.3 is 15.3 Å². The summed E-state index contributed by atoms with van der Waals surface area (Å²) in [5.74, 6) is 0. The average Bonchev–Trinajstić information content (AvgIpc) is 2.76. The smallest absolute Gasteiger partial charge is 0.0821 e. The van der Waals surface area contributed by atoms with Gasteiger partial charge in [0.2, 0.25) is 0 Å². The first-order valence-corrected chi connectivity index (χ1v) is 7.22. The van der Waals surface area contributed by atoms with Crippen LogP contribution in [0.4, 0.5) is 5.69 Å². The zero-order valence-electron chi connectivity index (χ0n) is 12.4. The zero-order chi connectivity index (χ0) is 13.9. The van der Waals surface area contributed by atoms with Gasteiger partial charge in [0.05, 0.1) is 5.60 Å². The second-order valence-electron chi connectivity index (χ2n) is 5.95. The van der Waals surface area contributed by atoms with Crippen LogP contribution in [-0.4, -0.2) is 31.3 Å². The standard InChI is InChI=1S/C16H26N2O/c1-13-6-7-15(14(10-13)11-17-2)18(3)12-16(19)8-4-5-9-16/h6-7,10,17,19H,4-5,8-9,11-12H2,1-3H3. The van der Waals surface area contributed by atoms with Crippen LogP contribution in [-0.2, 0) is 6.54 Å². The molecule has 0 saturated heterocycles. The molecule has 3 heteroatoms. The fourth-order valence-electron chi connectivity index (χ4n) is 3.14. The maximum Gasteiger partial charge on any atom is 0.0821 e. The summed E-state index contributed by atoms with van der Waals surface area (Å²) in [5.41, 5.74) is 3.31. The maximum absolute atomic E-state index is 10.5. The summed E-state index contributed by atoms with van der Waals surface area (Å²) in [6, 6.07) is 6.53. The lowest BCUT2D eigenvalue weighted by atomic mass is 10.0. The fourth-order valence-corrected chi connectivity index (χ4v) is 3.14. The Morgan fingerprint density at radius 3 is 2.63 bits per heavy atom. The first kappa shape index (κ1) is 14.4. The van der Waals surface area contributed by atoms with Crippen LogP contribution in [0.25, 0.3) is 0 Å². The minimum Gasteiger partial charge on any atom is -0.388 e. The van der Waals surface area contributed by atoms with Crippen LogP contribution in [0.1, 0.15) is 36.8 Å². The van der Waals surface area contributed by atoms with Crippen molar-refractivity contribution in [3.8, 4) is 0 Å². The molecule has 2 rings (SSSR count). The van der Waals surface area contributed by atoms with E-state index in [0.29, 0.717) is 0 Å². The van der Waals surface area contributed by atoms with E-state index < -0.39 is 5.60 Å². The van der Waals surface area contributed by atoms with Crippen molar-refractivity contribution in [3.05, 3.63) is 29.3 Å². The normalized spacial score (nSPS) is 17.7. The molecule has 0 radical (unpaired) electrons. The van der Waals surface area contributed by atoms with Crippen LogP contribution >= 0.6 is 0 Å². The molecule has 0 aromatic heterocycles. The summed E-state index contributed by atoms with van der Waals surface area (Å²) >= 11 is 0. The molecule has 1 aromatic carbocycles. The number of nitrogens with one attached hydrogen (secondary N) is 1. The molecule has 3 nitrogen and oxygen atoms in total. The zero-order valence-corrected chi connectivity index (χ0v) is 12.4. The molecule has 106 valence electrons. The topological polar surface area (TPSA) is 35.5 Å². The molecule has 0 unspecified atom stereocenters. The Kier molecular flexibility index (Phi) is 4.48. The average molecular weight is 262 g/mol. The van der Waals surface area contributed by atoms with Gasteiger partial charge in [0.1, 0.15) is 0 Å². The number of hydrogen-bond donors (Lipinski definition) is 2. The highest BCUT2D eigenvalue weighted by Crippen LogP contribution is 2.32. The molecule has 0 aliphatic heterocycles. The minimum atomic E-state index is -0.490. The molecular weight excluding hydrogens is 236 g/mol. The number of rotatable bonds is 5. The Balaban J connectivity index is 2.15. The number of benzene rings is 1. The van der Waals surface area contributed by atoms with E-state index >= 15 is 0 Å². The van der Waals surface area contributed by atoms with Gasteiger partial charge in [-0.05, 0) is 38.4 Å². The largest absolute Gasteiger partial charge is 0.388 e. The van der Waals surface area contributed by atoms with Crippen molar-refractivity contribution in [3.63, 3.8) is 0 Å². The third-order valence-corrected chi connectivity index (χ3v) is 4.08. The first-order valence-electron chi connectivity index (χ1n) is 7.22. The van der Waals surface area contributed by atoms with Crippen LogP contribution < -0.4 is 10.2 Å². The van der Waals surface area contributed by atoms with Crippen LogP contribution in [0.3, 0.4) is 0 Å². The van der Waals surface area contributed by atoms with Crippen molar-refractivity contribution >= 4 is 5.69 Å². The van der Waals surface area contributed by atoms with Crippen molar-refractivity contribution in [2.45, 2.75) is 44.8 Å². The van der Waals surface area contributed by atoms with Gasteiger partial charge >= 0.3 is 0 Å². The predicted molar refractivity (Wildman–Crippen MR) is 80.6 cm³/mol. The van der Waals surface area contributed by atoms with Crippen LogP contribution in [0.2, 0.25) is 0 Å². The van der Waals surface area contributed by atoms with Crippen molar-refractivity contribution < 1.29 is 5.11 Å². The van der Waals surface area contributed by atoms with E-state index in [4.69, 9.17) is 0 Å². The van der Waals surface area contributed by atoms with E-state index in [0.717, 1.165) is 38.8 Å². The lowest BCUT2D eigenvalue weighted by Gasteiger charge is -2.31. The molecule has 0 amide bonds. The van der Waals surface area contributed by atoms with Crippen LogP contribution in [0.15, 0.2) is 18.2 Å². The second-order valence-corrected chi connectivity index (χ2v) is 5.95. The van der Waals surface area contributed by atoms with E-state index in [1.54, 1.807) is 0 Å². The van der Waals surface area contributed by atoms with Crippen LogP contribution in [0.5, 0.6) is 0 Å². The van der Waals surface area contributed by atoms with Crippen LogP contribution in [0, 0.1) is 6.92 Å². The Morgan fingerprint density at radius 1 is 1.32 bits per heavy atom. The van der Waals surface area contributed by atoms with E-state index in [9.17, 15) is 5.11 Å². The summed E-state index contributed by atoms with van der Waals surface area (Å²) in [6.45, 7) is 3.71. The van der Waals surface area contributed by atoms with E-state index in [-0.39, 0.29) is 0 Å². The SMILES string of the molecule is CNCc1cc(C)ccc1N(C)CC1(O)CCCC1. The Bertz CT molecular complexity index is 425. The van der Waals surface area contributed by atoms with Gasteiger partial charge in [-0.25, -0.2) is 0 Å². The highest BCUT2D eigenvalue weighted by Gasteiger charge is 2.32. The van der Waals surface area contributed by atoms with Gasteiger partial charge in [0.25, 0.3) is 0 Å². The van der Waals surface area contributed by atoms with Crippen molar-refractivity contribution in [2.24, 2.45) is 0 Å². The summed E-state index contributed by atoms with van der Waals surface area (Å²) < 4.78 is 0. The maximum atomic E-state index is 10.5. The second kappa shape index (κ2) is 5.93. The molecule has 1 aromatic rings. The summed E-state index contributed by atoms with van der Waals surface area (Å²) in [4.78, 5) is 2.21. The first-order chi connectivity index (χ1) is 9.04. The van der Waals surface area contributed by atoms with Gasteiger partial charge in [0, 0.05) is 25.8 Å². The molecule has 1 saturated carbocycles. The summed E-state index contributed by atoms with van der Waals surface area (Å²) in [5, 5.41) is 13.8. The molecule has 0 heterocycles. The third-order valence-electron chi connectivity index (χ3n) is 4.08. The van der Waals surface area contributed by atoms with E-state index in [2.05, 4.69) is 42.4 Å². The number of anilines is 1. The Morgan fingerprint density at radius 2 is 2.00 bits per heavy atom. The van der Waals surface area contributed by atoms with Crippen molar-refractivity contribution in [1.29, 1.82) is 0 Å². The fraction of sp³-hybridized carbons (Fsp3) is 0.625. The molecule has 19 heavy (non-hydrogen) atoms. The van der Waals surface area contributed by atoms with E-state index in [1.807, 2.05) is 7.05 Å². The lowest BCUT2D eigenvalue weighted by molar-refractivity contribution is 0.0559. The molecule has 1 aliphatic rings. The van der Waals surface area contributed by atoms with Gasteiger partial charge in [0.15, 0.2) is 0 Å². The highest BCUT2D eigenvalue weighted by atomic mass is 16.3. The number of likely N-dealkylation sites (N-methyl/N-ethyl adjacent to an activating group) is 1. The Hall–Kier alpha value is -1.06. The summed E-state index contributed by atoms with van der Waals surface area (Å²) in [7, 11) is 4.05. The van der Waals surface area contributed by atoms with Gasteiger partial charge in [-0.1, -0.05) is 30.5 Å². The van der Waals surface area contributed by atoms with Crippen molar-refractivity contribution in [2.75, 3.05) is 25.5 Å². The van der Waals surface area contributed by atoms with Gasteiger partial charge in [-0.15, -0.1) is 0 Å². The monoisotopic (exact) mass is 262 g/mol. The third kappa shape index (κ3) is 3.48. The number of nitrogens with zero attached hydrogens (tertiary/aromatic N) is 1. The summed E-state index contributed by atoms with van der Waals surface area (Å²) in [6.07, 6.45) is 4.18. The molecular formula is C16H26N2O. The van der Waals surface area contributed by atoms with Crippen molar-refractivity contribution in [1.82, 2.24) is 5.32 Å². The van der Waals surface area contributed by atoms with Gasteiger partial charge in [-0.2, -0.15) is 0 Å². The molecule has 0 bridgehead atoms. The number of aryl methyl sites for hydroxylation is 1. The molecule has 0 atom stereocenters. The molecule has 2 N–H and O–H groups in total. The quantitative estimate of drug-likeness (QED) is 0.855. The molecule has 1 fully saturated rings. The highest BCUT2D eigenvalue weighted by molar-refractivity contribution is 5.54. The minimum absolute atomic E-state index is 0.490. The molecule has 0 spiro atoms. The molecule has 1 aliphatic carbocycles. The number of aliphatic hydroxyl groups is 1. The number of hydrogen-bond acceptors (Lipinski definition) is 3. The van der Waals surface area contributed by atoms with E-state index in [1.165, 1.54) is 16.8 Å². The lowest BCUT2D eigenvalue weighted by Crippen LogP contribution is -2.39. The van der Waals surface area contributed by atoms with Gasteiger partial charge in [-0.3, -0.25) is 0 Å².